The Morgan fingerprint density at radius 2 is 0.971 bits per heavy atom. The highest BCUT2D eigenvalue weighted by atomic mass is 32.1. The minimum atomic E-state index is -0.597. The molecule has 0 atom stereocenters. The van der Waals surface area contributed by atoms with Crippen molar-refractivity contribution in [1.29, 1.82) is 0 Å². The van der Waals surface area contributed by atoms with Gasteiger partial charge in [0.05, 0.1) is 21.3 Å². The third kappa shape index (κ3) is 5.34. The Morgan fingerprint density at radius 3 is 1.74 bits per heavy atom. The first-order valence-corrected chi connectivity index (χ1v) is 25.0. The summed E-state index contributed by atoms with van der Waals surface area (Å²) in [6.07, 6.45) is 0. The summed E-state index contributed by atoms with van der Waals surface area (Å²) in [5.74, 6) is 2.52. The molecule has 1 aliphatic heterocycles. The van der Waals surface area contributed by atoms with Crippen LogP contribution in [-0.2, 0) is 10.8 Å². The molecule has 1 spiro atoms. The molecule has 0 fully saturated rings. The molecule has 12 aromatic rings. The predicted molar refractivity (Wildman–Crippen MR) is 289 cm³/mol. The van der Waals surface area contributed by atoms with E-state index in [1.54, 1.807) is 11.3 Å². The third-order valence-electron chi connectivity index (χ3n) is 15.5. The molecular formula is C66H42N2OS. The monoisotopic (exact) mass is 910 g/mol. The molecule has 70 heavy (non-hydrogen) atoms. The number of thiophene rings is 1. The quantitative estimate of drug-likeness (QED) is 0.176. The molecule has 15 rings (SSSR count). The van der Waals surface area contributed by atoms with E-state index >= 15 is 0 Å². The van der Waals surface area contributed by atoms with Crippen LogP contribution in [-0.4, -0.2) is 9.97 Å². The first-order valence-electron chi connectivity index (χ1n) is 24.1. The molecule has 0 radical (unpaired) electrons. The zero-order valence-electron chi connectivity index (χ0n) is 38.5. The number of hydrogen-bond acceptors (Lipinski definition) is 4. The summed E-state index contributed by atoms with van der Waals surface area (Å²) in [5.41, 5.74) is 20.5. The van der Waals surface area contributed by atoms with Crippen LogP contribution in [0.2, 0.25) is 0 Å². The van der Waals surface area contributed by atoms with Gasteiger partial charge in [-0.1, -0.05) is 196 Å². The number of nitrogens with zero attached hydrogens (tertiary/aromatic N) is 2. The number of fused-ring (bicyclic) bond motifs is 16. The van der Waals surface area contributed by atoms with Gasteiger partial charge in [0, 0.05) is 37.8 Å². The van der Waals surface area contributed by atoms with Gasteiger partial charge < -0.3 is 4.74 Å². The average Bonchev–Trinajstić information content (AvgIpc) is 4.02. The third-order valence-corrected chi connectivity index (χ3v) is 16.7. The van der Waals surface area contributed by atoms with Gasteiger partial charge in [-0.15, -0.1) is 11.3 Å². The molecular weight excluding hydrogens is 869 g/mol. The molecule has 0 unspecified atom stereocenters. The summed E-state index contributed by atoms with van der Waals surface area (Å²) in [6.45, 7) is 4.85. The number of para-hydroxylation sites is 2. The fourth-order valence-corrected chi connectivity index (χ4v) is 13.8. The number of ether oxygens (including phenoxy) is 1. The van der Waals surface area contributed by atoms with Crippen LogP contribution in [0, 0.1) is 0 Å². The van der Waals surface area contributed by atoms with Crippen LogP contribution in [0.3, 0.4) is 0 Å². The van der Waals surface area contributed by atoms with Crippen LogP contribution in [0.1, 0.15) is 47.2 Å². The molecule has 0 N–H and O–H groups in total. The molecule has 3 aliphatic rings. The van der Waals surface area contributed by atoms with E-state index < -0.39 is 10.8 Å². The Kier molecular flexibility index (Phi) is 8.21. The zero-order valence-corrected chi connectivity index (χ0v) is 39.3. The van der Waals surface area contributed by atoms with E-state index in [9.17, 15) is 0 Å². The summed E-state index contributed by atoms with van der Waals surface area (Å²) >= 11 is 1.79. The van der Waals surface area contributed by atoms with Crippen LogP contribution < -0.4 is 4.74 Å². The lowest BCUT2D eigenvalue weighted by atomic mass is 9.65. The molecule has 3 heterocycles. The van der Waals surface area contributed by atoms with Gasteiger partial charge in [-0.25, -0.2) is 9.97 Å². The molecule has 0 saturated heterocycles. The fraction of sp³-hybridized carbons (Fsp3) is 0.0606. The fourth-order valence-electron chi connectivity index (χ4n) is 12.7. The van der Waals surface area contributed by atoms with Gasteiger partial charge in [0.15, 0.2) is 5.82 Å². The van der Waals surface area contributed by atoms with Crippen molar-refractivity contribution in [2.45, 2.75) is 24.7 Å². The standard InChI is InChI=1S/C66H42N2OS/c1-65(2)59-45(44-25-17-32-53-58(44)50-37-41-20-6-7-21-42(41)38-54(50)66(53)51-30-9-11-33-55(51)69-56-34-12-10-31-52(56)66)26-15-27-46(59)47-28-16-29-49(60(47)65)62-63-61(48-24-8-13-35-57(48)70-63)67-64(68-62)43-23-14-22-40(36-43)39-18-4-3-5-19-39/h3-38H,1-2H3. The molecule has 3 nitrogen and oxygen atoms in total. The van der Waals surface area contributed by atoms with Gasteiger partial charge in [-0.2, -0.15) is 0 Å². The second-order valence-electron chi connectivity index (χ2n) is 19.5. The van der Waals surface area contributed by atoms with Gasteiger partial charge in [0.2, 0.25) is 0 Å². The van der Waals surface area contributed by atoms with Crippen molar-refractivity contribution >= 4 is 42.4 Å². The number of rotatable bonds is 4. The largest absolute Gasteiger partial charge is 0.457 e. The Hall–Kier alpha value is -8.44. The molecule has 2 aromatic heterocycles. The molecule has 0 saturated carbocycles. The molecule has 4 heteroatoms. The Labute approximate surface area is 410 Å². The Morgan fingerprint density at radius 1 is 0.414 bits per heavy atom. The van der Waals surface area contributed by atoms with Crippen molar-refractivity contribution in [2.24, 2.45) is 0 Å². The number of benzene rings is 10. The molecule has 0 bridgehead atoms. The minimum Gasteiger partial charge on any atom is -0.457 e. The van der Waals surface area contributed by atoms with E-state index in [1.807, 2.05) is 0 Å². The highest BCUT2D eigenvalue weighted by Crippen LogP contribution is 2.65. The van der Waals surface area contributed by atoms with Gasteiger partial charge in [0.1, 0.15) is 11.5 Å². The average molecular weight is 911 g/mol. The molecule has 10 aromatic carbocycles. The highest BCUT2D eigenvalue weighted by Gasteiger charge is 2.52. The molecule has 2 aliphatic carbocycles. The summed E-state index contributed by atoms with van der Waals surface area (Å²) in [7, 11) is 0. The van der Waals surface area contributed by atoms with E-state index in [1.165, 1.54) is 87.8 Å². The van der Waals surface area contributed by atoms with Gasteiger partial charge in [0.25, 0.3) is 0 Å². The van der Waals surface area contributed by atoms with Crippen molar-refractivity contribution in [3.63, 3.8) is 0 Å². The number of aromatic nitrogens is 2. The minimum absolute atomic E-state index is 0.414. The summed E-state index contributed by atoms with van der Waals surface area (Å²) in [4.78, 5) is 11.0. The Balaban J connectivity index is 0.967. The lowest BCUT2D eigenvalue weighted by Crippen LogP contribution is -2.32. The van der Waals surface area contributed by atoms with Crippen LogP contribution in [0.4, 0.5) is 0 Å². The zero-order chi connectivity index (χ0) is 46.3. The van der Waals surface area contributed by atoms with Gasteiger partial charge in [-0.3, -0.25) is 0 Å². The van der Waals surface area contributed by atoms with Crippen LogP contribution in [0.25, 0.3) is 98.2 Å². The Bertz CT molecular complexity index is 4160. The second-order valence-corrected chi connectivity index (χ2v) is 20.6. The van der Waals surface area contributed by atoms with Crippen molar-refractivity contribution < 1.29 is 4.74 Å². The van der Waals surface area contributed by atoms with Gasteiger partial charge >= 0.3 is 0 Å². The highest BCUT2D eigenvalue weighted by molar-refractivity contribution is 7.26. The van der Waals surface area contributed by atoms with E-state index in [0.29, 0.717) is 0 Å². The maximum atomic E-state index is 6.76. The summed E-state index contributed by atoms with van der Waals surface area (Å²) in [6, 6.07) is 79.8. The van der Waals surface area contributed by atoms with Crippen LogP contribution >= 0.6 is 11.3 Å². The first-order chi connectivity index (χ1) is 34.5. The van der Waals surface area contributed by atoms with Crippen molar-refractivity contribution in [3.05, 3.63) is 252 Å². The van der Waals surface area contributed by atoms with Crippen molar-refractivity contribution in [3.8, 4) is 78.7 Å². The normalized spacial score (nSPS) is 14.2. The predicted octanol–water partition coefficient (Wildman–Crippen LogP) is 17.4. The molecule has 328 valence electrons. The lowest BCUT2D eigenvalue weighted by molar-refractivity contribution is 0.436. The van der Waals surface area contributed by atoms with Crippen molar-refractivity contribution in [1.82, 2.24) is 9.97 Å². The van der Waals surface area contributed by atoms with E-state index in [2.05, 4.69) is 232 Å². The smallest absolute Gasteiger partial charge is 0.160 e. The van der Waals surface area contributed by atoms with E-state index in [-0.39, 0.29) is 0 Å². The van der Waals surface area contributed by atoms with Gasteiger partial charge in [-0.05, 0) is 114 Å². The van der Waals surface area contributed by atoms with E-state index in [0.717, 1.165) is 55.3 Å². The SMILES string of the molecule is CC1(C)c2c(-c3cccc4c3-c3cc5ccccc5cc3C43c4ccccc4Oc4ccccc43)cccc2-c2cccc(-c3nc(-c4cccc(-c5ccccc5)c4)nc4c3sc3ccccc34)c21. The second kappa shape index (κ2) is 14.5. The van der Waals surface area contributed by atoms with Crippen LogP contribution in [0.15, 0.2) is 218 Å². The maximum Gasteiger partial charge on any atom is 0.160 e. The lowest BCUT2D eigenvalue weighted by Gasteiger charge is -2.39. The molecule has 0 amide bonds. The van der Waals surface area contributed by atoms with Crippen LogP contribution in [0.5, 0.6) is 11.5 Å². The van der Waals surface area contributed by atoms with Crippen molar-refractivity contribution in [2.75, 3.05) is 0 Å². The summed E-state index contributed by atoms with van der Waals surface area (Å²) in [5, 5.41) is 3.61. The maximum absolute atomic E-state index is 6.76. The summed E-state index contributed by atoms with van der Waals surface area (Å²) < 4.78 is 9.07. The first kappa shape index (κ1) is 39.5. The number of hydrogen-bond donors (Lipinski definition) is 0. The topological polar surface area (TPSA) is 35.0 Å². The van der Waals surface area contributed by atoms with E-state index in [4.69, 9.17) is 14.7 Å².